The van der Waals surface area contributed by atoms with Gasteiger partial charge >= 0.3 is 7.82 Å². The van der Waals surface area contributed by atoms with Crippen LogP contribution in [0.25, 0.3) is 0 Å². The highest BCUT2D eigenvalue weighted by Gasteiger charge is 2.51. The smallest absolute Gasteiger partial charge is 0.393 e. The van der Waals surface area contributed by atoms with Crippen LogP contribution in [0.15, 0.2) is 24.3 Å². The van der Waals surface area contributed by atoms with Crippen molar-refractivity contribution >= 4 is 13.7 Å². The SMILES string of the molecule is CCCCCCCCCCC/C=C/CC/C=C/C(O)C(COP(=O)(O)OC1C(O)C(O)C(O)C(O)C1O)NC(=O)CC(O)CCCCCCCCCCC. The lowest BCUT2D eigenvalue weighted by molar-refractivity contribution is -0.220. The Labute approximate surface area is 324 Å². The van der Waals surface area contributed by atoms with Gasteiger partial charge in [0.1, 0.15) is 36.6 Å². The average Bonchev–Trinajstić information content (AvgIpc) is 3.14. The maximum atomic E-state index is 12.9. The fraction of sp³-hybridized carbons (Fsp3) is 0.875. The summed E-state index contributed by atoms with van der Waals surface area (Å²) in [5, 5.41) is 74.1. The highest BCUT2D eigenvalue weighted by atomic mass is 31.2. The van der Waals surface area contributed by atoms with Crippen molar-refractivity contribution in [3.8, 4) is 0 Å². The van der Waals surface area contributed by atoms with Gasteiger partial charge in [0.25, 0.3) is 0 Å². The Morgan fingerprint density at radius 2 is 1.09 bits per heavy atom. The van der Waals surface area contributed by atoms with E-state index in [1.54, 1.807) is 6.08 Å². The number of phosphoric acid groups is 1. The van der Waals surface area contributed by atoms with E-state index in [4.69, 9.17) is 9.05 Å². The van der Waals surface area contributed by atoms with Crippen LogP contribution in [-0.2, 0) is 18.4 Å². The van der Waals surface area contributed by atoms with E-state index >= 15 is 0 Å². The zero-order valence-electron chi connectivity index (χ0n) is 33.1. The van der Waals surface area contributed by atoms with Gasteiger partial charge in [-0.05, 0) is 32.1 Å². The van der Waals surface area contributed by atoms with Crippen molar-refractivity contribution in [1.82, 2.24) is 5.32 Å². The Hall–Kier alpha value is -1.22. The fourth-order valence-corrected chi connectivity index (χ4v) is 7.52. The number of hydrogen-bond donors (Lipinski definition) is 9. The first kappa shape index (κ1) is 50.8. The highest BCUT2D eigenvalue weighted by molar-refractivity contribution is 7.47. The fourth-order valence-electron chi connectivity index (χ4n) is 6.55. The van der Waals surface area contributed by atoms with Gasteiger partial charge in [0.05, 0.1) is 31.3 Å². The van der Waals surface area contributed by atoms with Crippen molar-refractivity contribution < 1.29 is 59.0 Å². The van der Waals surface area contributed by atoms with E-state index < -0.39 is 75.2 Å². The number of rotatable bonds is 33. The number of phosphoric ester groups is 1. The van der Waals surface area contributed by atoms with E-state index in [-0.39, 0.29) is 6.42 Å². The number of hydrogen-bond acceptors (Lipinski definition) is 11. The molecule has 13 nitrogen and oxygen atoms in total. The van der Waals surface area contributed by atoms with Gasteiger partial charge in [0, 0.05) is 0 Å². The molecule has 0 aromatic carbocycles. The summed E-state index contributed by atoms with van der Waals surface area (Å²) < 4.78 is 22.7. The van der Waals surface area contributed by atoms with Gasteiger partial charge in [-0.15, -0.1) is 0 Å². The Morgan fingerprint density at radius 3 is 1.63 bits per heavy atom. The molecule has 1 amide bonds. The summed E-state index contributed by atoms with van der Waals surface area (Å²) >= 11 is 0. The predicted octanol–water partition coefficient (Wildman–Crippen LogP) is 5.64. The third-order valence-electron chi connectivity index (χ3n) is 10.0. The molecule has 8 unspecified atom stereocenters. The van der Waals surface area contributed by atoms with Gasteiger partial charge in [-0.1, -0.05) is 147 Å². The van der Waals surface area contributed by atoms with Gasteiger partial charge in [0.15, 0.2) is 0 Å². The average molecular weight is 794 g/mol. The first-order valence-electron chi connectivity index (χ1n) is 20.9. The van der Waals surface area contributed by atoms with Gasteiger partial charge in [0.2, 0.25) is 5.91 Å². The van der Waals surface area contributed by atoms with E-state index in [1.807, 2.05) is 0 Å². The molecule has 0 aliphatic heterocycles. The molecule has 54 heavy (non-hydrogen) atoms. The summed E-state index contributed by atoms with van der Waals surface area (Å²) in [6, 6.07) is -1.25. The number of carbonyl (C=O) groups excluding carboxylic acids is 1. The van der Waals surface area contributed by atoms with Gasteiger partial charge in [-0.3, -0.25) is 13.8 Å². The minimum absolute atomic E-state index is 0.250. The number of aliphatic hydroxyl groups is 7. The second-order valence-corrected chi connectivity index (χ2v) is 16.4. The quantitative estimate of drug-likeness (QED) is 0.0224. The van der Waals surface area contributed by atoms with Crippen LogP contribution in [0.2, 0.25) is 0 Å². The van der Waals surface area contributed by atoms with Crippen molar-refractivity contribution in [2.24, 2.45) is 0 Å². The van der Waals surface area contributed by atoms with Crippen LogP contribution < -0.4 is 5.32 Å². The number of carbonyl (C=O) groups is 1. The maximum absolute atomic E-state index is 12.9. The molecule has 0 bridgehead atoms. The van der Waals surface area contributed by atoms with Crippen molar-refractivity contribution in [3.05, 3.63) is 24.3 Å². The minimum Gasteiger partial charge on any atom is -0.393 e. The van der Waals surface area contributed by atoms with Crippen LogP contribution in [0.4, 0.5) is 0 Å². The Balaban J connectivity index is 2.66. The van der Waals surface area contributed by atoms with Gasteiger partial charge < -0.3 is 46.0 Å². The van der Waals surface area contributed by atoms with Crippen molar-refractivity contribution in [2.45, 2.75) is 216 Å². The summed E-state index contributed by atoms with van der Waals surface area (Å²) in [7, 11) is -5.14. The summed E-state index contributed by atoms with van der Waals surface area (Å²) in [4.78, 5) is 23.3. The van der Waals surface area contributed by atoms with Crippen LogP contribution >= 0.6 is 7.82 Å². The Morgan fingerprint density at radius 1 is 0.648 bits per heavy atom. The first-order chi connectivity index (χ1) is 25.8. The van der Waals surface area contributed by atoms with Gasteiger partial charge in [-0.25, -0.2) is 4.57 Å². The molecule has 1 saturated carbocycles. The number of allylic oxidation sites excluding steroid dienone is 3. The molecule has 8 atom stereocenters. The zero-order chi connectivity index (χ0) is 40.2. The predicted molar refractivity (Wildman–Crippen MR) is 210 cm³/mol. The van der Waals surface area contributed by atoms with Crippen LogP contribution in [0.1, 0.15) is 162 Å². The number of amides is 1. The minimum atomic E-state index is -5.14. The molecule has 0 saturated heterocycles. The lowest BCUT2D eigenvalue weighted by Gasteiger charge is -2.41. The van der Waals surface area contributed by atoms with Crippen molar-refractivity contribution in [3.63, 3.8) is 0 Å². The van der Waals surface area contributed by atoms with Crippen LogP contribution in [0.3, 0.4) is 0 Å². The zero-order valence-corrected chi connectivity index (χ0v) is 34.0. The molecule has 0 spiro atoms. The van der Waals surface area contributed by atoms with E-state index in [0.29, 0.717) is 12.8 Å². The molecule has 1 rings (SSSR count). The van der Waals surface area contributed by atoms with Gasteiger partial charge in [-0.2, -0.15) is 0 Å². The molecular weight excluding hydrogens is 717 g/mol. The van der Waals surface area contributed by atoms with E-state index in [2.05, 4.69) is 31.3 Å². The molecule has 0 aromatic heterocycles. The lowest BCUT2D eigenvalue weighted by Crippen LogP contribution is -2.64. The largest absolute Gasteiger partial charge is 0.472 e. The summed E-state index contributed by atoms with van der Waals surface area (Å²) in [6.45, 7) is 3.67. The molecule has 0 heterocycles. The third-order valence-corrected chi connectivity index (χ3v) is 11.0. The monoisotopic (exact) mass is 794 g/mol. The molecule has 1 aliphatic rings. The molecule has 318 valence electrons. The second-order valence-electron chi connectivity index (χ2n) is 15.0. The molecule has 1 aliphatic carbocycles. The van der Waals surface area contributed by atoms with Crippen molar-refractivity contribution in [1.29, 1.82) is 0 Å². The van der Waals surface area contributed by atoms with Crippen LogP contribution in [-0.4, -0.2) is 108 Å². The Bertz CT molecular complexity index is 1030. The van der Waals surface area contributed by atoms with Crippen LogP contribution in [0.5, 0.6) is 0 Å². The number of nitrogens with one attached hydrogen (secondary N) is 1. The first-order valence-corrected chi connectivity index (χ1v) is 22.4. The lowest BCUT2D eigenvalue weighted by atomic mass is 9.85. The molecule has 1 fully saturated rings. The molecular formula is C40H76NO12P. The highest BCUT2D eigenvalue weighted by Crippen LogP contribution is 2.47. The van der Waals surface area contributed by atoms with E-state index in [0.717, 1.165) is 44.9 Å². The Kier molecular flexibility index (Phi) is 29.0. The normalized spacial score (nSPS) is 24.9. The maximum Gasteiger partial charge on any atom is 0.472 e. The van der Waals surface area contributed by atoms with Crippen molar-refractivity contribution in [2.75, 3.05) is 6.61 Å². The molecule has 0 aromatic rings. The second kappa shape index (κ2) is 30.9. The molecule has 9 N–H and O–H groups in total. The standard InChI is InChI=1S/C40H76NO12P/c1-3-5-7-9-11-13-14-15-16-17-18-20-22-24-26-28-33(43)32(41-34(44)29-31(42)27-25-23-21-19-12-10-8-6-4-2)30-52-54(50,51)53-40-38(48)36(46)35(45)37(47)39(40)49/h18,20,26,28,31-33,35-40,42-43,45-49H,3-17,19,21-25,27,29-30H2,1-2H3,(H,41,44)(H,50,51)/b20-18+,28-26+. The number of aliphatic hydroxyl groups excluding tert-OH is 7. The topological polar surface area (TPSA) is 226 Å². The molecule has 14 heteroatoms. The number of unbranched alkanes of at least 4 members (excludes halogenated alkanes) is 18. The summed E-state index contributed by atoms with van der Waals surface area (Å²) in [5.74, 6) is -0.606. The summed E-state index contributed by atoms with van der Waals surface area (Å²) in [6.07, 6.45) is 17.2. The van der Waals surface area contributed by atoms with E-state index in [9.17, 15) is 50.0 Å². The van der Waals surface area contributed by atoms with Crippen LogP contribution in [0, 0.1) is 0 Å². The van der Waals surface area contributed by atoms with E-state index in [1.165, 1.54) is 89.5 Å². The third kappa shape index (κ3) is 23.1. The summed E-state index contributed by atoms with van der Waals surface area (Å²) in [5.41, 5.74) is 0. The molecule has 0 radical (unpaired) electrons.